The molecule has 0 aliphatic rings. The van der Waals surface area contributed by atoms with Gasteiger partial charge in [0.1, 0.15) is 5.75 Å². The summed E-state index contributed by atoms with van der Waals surface area (Å²) in [5, 5.41) is 3.56. The summed E-state index contributed by atoms with van der Waals surface area (Å²) >= 11 is 3.61. The second-order valence-corrected chi connectivity index (χ2v) is 6.39. The maximum Gasteiger partial charge on any atom is 0.120 e. The zero-order valence-electron chi connectivity index (χ0n) is 13.0. The van der Waals surface area contributed by atoms with Crippen LogP contribution in [0.1, 0.15) is 37.9 Å². The predicted molar refractivity (Wildman–Crippen MR) is 93.1 cm³/mol. The summed E-state index contributed by atoms with van der Waals surface area (Å²) in [6, 6.07) is 14.7. The molecule has 0 heterocycles. The van der Waals surface area contributed by atoms with E-state index in [1.807, 2.05) is 26.0 Å². The van der Waals surface area contributed by atoms with Gasteiger partial charge in [0, 0.05) is 16.2 Å². The first-order chi connectivity index (χ1) is 9.97. The summed E-state index contributed by atoms with van der Waals surface area (Å²) in [6.45, 7) is 8.34. The first-order valence-electron chi connectivity index (χ1n) is 7.25. The van der Waals surface area contributed by atoms with Crippen molar-refractivity contribution < 1.29 is 4.74 Å². The predicted octanol–water partition coefficient (Wildman–Crippen LogP) is 5.72. The molecule has 0 aromatic heterocycles. The molecule has 1 atom stereocenters. The molecule has 0 aliphatic carbocycles. The second kappa shape index (κ2) is 6.99. The minimum atomic E-state index is 0.197. The molecule has 0 radical (unpaired) electrons. The fourth-order valence-corrected chi connectivity index (χ4v) is 2.91. The van der Waals surface area contributed by atoms with Crippen LogP contribution in [0, 0.1) is 6.92 Å². The highest BCUT2D eigenvalue weighted by molar-refractivity contribution is 9.10. The molecule has 0 amide bonds. The summed E-state index contributed by atoms with van der Waals surface area (Å²) in [5.74, 6) is 0.918. The van der Waals surface area contributed by atoms with Gasteiger partial charge < -0.3 is 10.1 Å². The van der Waals surface area contributed by atoms with Gasteiger partial charge in [0.15, 0.2) is 0 Å². The third-order valence-electron chi connectivity index (χ3n) is 3.31. The quantitative estimate of drug-likeness (QED) is 0.746. The van der Waals surface area contributed by atoms with Crippen molar-refractivity contribution in [3.63, 3.8) is 0 Å². The smallest absolute Gasteiger partial charge is 0.120 e. The summed E-state index contributed by atoms with van der Waals surface area (Å²) in [7, 11) is 0. The monoisotopic (exact) mass is 347 g/mol. The zero-order valence-corrected chi connectivity index (χ0v) is 14.6. The number of rotatable bonds is 5. The van der Waals surface area contributed by atoms with Gasteiger partial charge in [0.05, 0.1) is 6.10 Å². The van der Waals surface area contributed by atoms with Gasteiger partial charge in [0.2, 0.25) is 0 Å². The van der Waals surface area contributed by atoms with Crippen LogP contribution in [-0.2, 0) is 0 Å². The van der Waals surface area contributed by atoms with Crippen LogP contribution in [-0.4, -0.2) is 6.10 Å². The average molecular weight is 348 g/mol. The molecule has 1 N–H and O–H groups in total. The van der Waals surface area contributed by atoms with Crippen molar-refractivity contribution in [2.45, 2.75) is 39.8 Å². The molecule has 0 spiro atoms. The van der Waals surface area contributed by atoms with Crippen molar-refractivity contribution in [3.05, 3.63) is 58.1 Å². The lowest BCUT2D eigenvalue weighted by Crippen LogP contribution is -2.09. The molecule has 3 heteroatoms. The Hall–Kier alpha value is -1.48. The van der Waals surface area contributed by atoms with Crippen LogP contribution < -0.4 is 10.1 Å². The maximum absolute atomic E-state index is 5.72. The molecule has 0 saturated heterocycles. The Bertz CT molecular complexity index is 610. The standard InChI is InChI=1S/C18H22BrNO/c1-12(2)21-15-9-10-18(13(3)11-15)20-14(4)16-7-5-6-8-17(16)19/h5-12,14,20H,1-4H3. The second-order valence-electron chi connectivity index (χ2n) is 5.53. The fraction of sp³-hybridized carbons (Fsp3) is 0.333. The van der Waals surface area contributed by atoms with Gasteiger partial charge in [-0.25, -0.2) is 0 Å². The lowest BCUT2D eigenvalue weighted by Gasteiger charge is -2.19. The van der Waals surface area contributed by atoms with Gasteiger partial charge in [-0.2, -0.15) is 0 Å². The van der Waals surface area contributed by atoms with Crippen LogP contribution in [0.5, 0.6) is 5.75 Å². The van der Waals surface area contributed by atoms with E-state index in [0.717, 1.165) is 15.9 Å². The van der Waals surface area contributed by atoms with E-state index in [0.29, 0.717) is 0 Å². The van der Waals surface area contributed by atoms with Gasteiger partial charge in [-0.15, -0.1) is 0 Å². The molecule has 1 unspecified atom stereocenters. The number of aryl methyl sites for hydroxylation is 1. The zero-order chi connectivity index (χ0) is 15.4. The molecule has 112 valence electrons. The summed E-state index contributed by atoms with van der Waals surface area (Å²) in [6.07, 6.45) is 0.197. The van der Waals surface area contributed by atoms with Gasteiger partial charge in [-0.05, 0) is 63.1 Å². The van der Waals surface area contributed by atoms with Crippen molar-refractivity contribution in [1.82, 2.24) is 0 Å². The molecular weight excluding hydrogens is 326 g/mol. The minimum absolute atomic E-state index is 0.197. The summed E-state index contributed by atoms with van der Waals surface area (Å²) in [5.41, 5.74) is 3.57. The minimum Gasteiger partial charge on any atom is -0.491 e. The molecule has 2 nitrogen and oxygen atoms in total. The molecule has 2 aromatic rings. The molecule has 0 bridgehead atoms. The highest BCUT2D eigenvalue weighted by Gasteiger charge is 2.10. The number of halogens is 1. The van der Waals surface area contributed by atoms with E-state index in [-0.39, 0.29) is 12.1 Å². The van der Waals surface area contributed by atoms with Crippen LogP contribution in [0.4, 0.5) is 5.69 Å². The number of hydrogen-bond donors (Lipinski definition) is 1. The van der Waals surface area contributed by atoms with E-state index in [9.17, 15) is 0 Å². The van der Waals surface area contributed by atoms with E-state index in [1.54, 1.807) is 0 Å². The lowest BCUT2D eigenvalue weighted by atomic mass is 10.1. The number of hydrogen-bond acceptors (Lipinski definition) is 2. The van der Waals surface area contributed by atoms with Crippen molar-refractivity contribution in [2.75, 3.05) is 5.32 Å². The average Bonchev–Trinajstić information content (AvgIpc) is 2.41. The molecule has 2 aromatic carbocycles. The third kappa shape index (κ3) is 4.24. The highest BCUT2D eigenvalue weighted by atomic mass is 79.9. The van der Waals surface area contributed by atoms with Gasteiger partial charge >= 0.3 is 0 Å². The SMILES string of the molecule is Cc1cc(OC(C)C)ccc1NC(C)c1ccccc1Br. The number of ether oxygens (including phenoxy) is 1. The van der Waals surface area contributed by atoms with Crippen molar-refractivity contribution in [3.8, 4) is 5.75 Å². The Morgan fingerprint density at radius 2 is 1.76 bits per heavy atom. The molecule has 21 heavy (non-hydrogen) atoms. The lowest BCUT2D eigenvalue weighted by molar-refractivity contribution is 0.242. The number of benzene rings is 2. The normalized spacial score (nSPS) is 12.3. The van der Waals surface area contributed by atoms with E-state index in [2.05, 4.69) is 65.4 Å². The van der Waals surface area contributed by atoms with Crippen LogP contribution in [0.2, 0.25) is 0 Å². The van der Waals surface area contributed by atoms with Crippen LogP contribution in [0.15, 0.2) is 46.9 Å². The molecule has 0 fully saturated rings. The molecule has 2 rings (SSSR count). The Morgan fingerprint density at radius 3 is 2.38 bits per heavy atom. The molecular formula is C18H22BrNO. The van der Waals surface area contributed by atoms with Gasteiger partial charge in [-0.3, -0.25) is 0 Å². The fourth-order valence-electron chi connectivity index (χ4n) is 2.28. The van der Waals surface area contributed by atoms with Crippen molar-refractivity contribution in [1.29, 1.82) is 0 Å². The van der Waals surface area contributed by atoms with Crippen LogP contribution in [0.25, 0.3) is 0 Å². The maximum atomic E-state index is 5.72. The van der Waals surface area contributed by atoms with E-state index >= 15 is 0 Å². The molecule has 0 saturated carbocycles. The highest BCUT2D eigenvalue weighted by Crippen LogP contribution is 2.29. The Labute approximate surface area is 135 Å². The van der Waals surface area contributed by atoms with Gasteiger partial charge in [-0.1, -0.05) is 34.1 Å². The van der Waals surface area contributed by atoms with E-state index in [4.69, 9.17) is 4.74 Å². The first-order valence-corrected chi connectivity index (χ1v) is 8.05. The van der Waals surface area contributed by atoms with Crippen LogP contribution >= 0.6 is 15.9 Å². The largest absolute Gasteiger partial charge is 0.491 e. The first kappa shape index (κ1) is 15.9. The Morgan fingerprint density at radius 1 is 1.05 bits per heavy atom. The van der Waals surface area contributed by atoms with E-state index < -0.39 is 0 Å². The number of anilines is 1. The molecule has 0 aliphatic heterocycles. The Kier molecular flexibility index (Phi) is 5.29. The summed E-state index contributed by atoms with van der Waals surface area (Å²) < 4.78 is 6.85. The van der Waals surface area contributed by atoms with E-state index in [1.165, 1.54) is 11.1 Å². The van der Waals surface area contributed by atoms with Crippen LogP contribution in [0.3, 0.4) is 0 Å². The topological polar surface area (TPSA) is 21.3 Å². The number of nitrogens with one attached hydrogen (secondary N) is 1. The summed E-state index contributed by atoms with van der Waals surface area (Å²) in [4.78, 5) is 0. The van der Waals surface area contributed by atoms with Gasteiger partial charge in [0.25, 0.3) is 0 Å². The third-order valence-corrected chi connectivity index (χ3v) is 4.04. The van der Waals surface area contributed by atoms with Crippen molar-refractivity contribution in [2.24, 2.45) is 0 Å². The Balaban J connectivity index is 2.14. The van der Waals surface area contributed by atoms with Crippen molar-refractivity contribution >= 4 is 21.6 Å².